The lowest BCUT2D eigenvalue weighted by Gasteiger charge is -2.43. The van der Waals surface area contributed by atoms with Crippen molar-refractivity contribution in [1.82, 2.24) is 5.32 Å². The summed E-state index contributed by atoms with van der Waals surface area (Å²) in [6.45, 7) is 8.63. The smallest absolute Gasteiger partial charge is 0.264 e. The third-order valence-corrected chi connectivity index (χ3v) is 9.71. The molecule has 0 unspecified atom stereocenters. The number of benzene rings is 4. The van der Waals surface area contributed by atoms with Gasteiger partial charge in [0.25, 0.3) is 5.91 Å². The van der Waals surface area contributed by atoms with Crippen LogP contribution in [0.3, 0.4) is 0 Å². The molecule has 46 heavy (non-hydrogen) atoms. The number of nitrogens with one attached hydrogen (secondary N) is 1. The largest absolute Gasteiger partial charge is 0.490 e. The molecule has 3 aliphatic rings. The lowest BCUT2D eigenvalue weighted by molar-refractivity contribution is -0.115. The van der Waals surface area contributed by atoms with Crippen molar-refractivity contribution in [3.63, 3.8) is 0 Å². The molecule has 7 rings (SSSR count). The van der Waals surface area contributed by atoms with Gasteiger partial charge >= 0.3 is 0 Å². The van der Waals surface area contributed by atoms with Crippen LogP contribution in [0.5, 0.6) is 11.5 Å². The van der Waals surface area contributed by atoms with Gasteiger partial charge in [-0.05, 0) is 89.7 Å². The Bertz CT molecular complexity index is 1750. The fourth-order valence-electron chi connectivity index (χ4n) is 6.80. The summed E-state index contributed by atoms with van der Waals surface area (Å²) in [7, 11) is 0. The molecule has 4 aromatic carbocycles. The molecule has 0 spiro atoms. The van der Waals surface area contributed by atoms with Gasteiger partial charge < -0.3 is 19.7 Å². The zero-order valence-corrected chi connectivity index (χ0v) is 26.8. The van der Waals surface area contributed by atoms with E-state index in [1.54, 1.807) is 6.08 Å². The van der Waals surface area contributed by atoms with E-state index in [9.17, 15) is 4.79 Å². The van der Waals surface area contributed by atoms with Crippen LogP contribution in [-0.2, 0) is 4.79 Å². The van der Waals surface area contributed by atoms with Gasteiger partial charge in [-0.15, -0.1) is 0 Å². The monoisotopic (exact) mass is 627 g/mol. The molecule has 232 valence electrons. The number of hydrogen-bond donors (Lipinski definition) is 1. The number of carbonyl (C=O) groups excluding carboxylic acids is 1. The van der Waals surface area contributed by atoms with Gasteiger partial charge in [-0.25, -0.2) is 4.99 Å². The van der Waals surface area contributed by atoms with E-state index in [2.05, 4.69) is 89.6 Å². The van der Waals surface area contributed by atoms with Crippen LogP contribution in [0.15, 0.2) is 114 Å². The Hall–Kier alpha value is -4.75. The van der Waals surface area contributed by atoms with Gasteiger partial charge in [0.2, 0.25) is 0 Å². The van der Waals surface area contributed by atoms with Crippen molar-refractivity contribution in [3.05, 3.63) is 136 Å². The zero-order valence-electron chi connectivity index (χ0n) is 25.9. The molecule has 2 atom stereocenters. The summed E-state index contributed by atoms with van der Waals surface area (Å²) in [6.07, 6.45) is 5.69. The Morgan fingerprint density at radius 2 is 1.54 bits per heavy atom. The van der Waals surface area contributed by atoms with Crippen molar-refractivity contribution in [3.8, 4) is 11.5 Å². The quantitative estimate of drug-likeness (QED) is 0.149. The number of aliphatic imine (C=N–C) groups is 1. The minimum atomic E-state index is -0.163. The maximum atomic E-state index is 13.1. The molecule has 6 nitrogen and oxygen atoms in total. The van der Waals surface area contributed by atoms with E-state index in [4.69, 9.17) is 14.5 Å². The van der Waals surface area contributed by atoms with Crippen LogP contribution < -0.4 is 19.7 Å². The molecule has 3 heterocycles. The molecule has 1 N–H and O–H groups in total. The van der Waals surface area contributed by atoms with Crippen LogP contribution in [-0.4, -0.2) is 37.4 Å². The fraction of sp³-hybridized carbons (Fsp3) is 0.231. The number of thioether (sulfide) groups is 1. The van der Waals surface area contributed by atoms with Crippen molar-refractivity contribution in [2.75, 3.05) is 31.2 Å². The molecule has 0 aliphatic carbocycles. The molecule has 7 heteroatoms. The van der Waals surface area contributed by atoms with E-state index in [0.29, 0.717) is 46.6 Å². The lowest BCUT2D eigenvalue weighted by Crippen LogP contribution is -2.37. The predicted octanol–water partition coefficient (Wildman–Crippen LogP) is 8.42. The molecule has 0 aromatic heterocycles. The average molecular weight is 628 g/mol. The van der Waals surface area contributed by atoms with Crippen molar-refractivity contribution < 1.29 is 14.3 Å². The Morgan fingerprint density at radius 1 is 0.891 bits per heavy atom. The first-order chi connectivity index (χ1) is 22.6. The van der Waals surface area contributed by atoms with E-state index in [1.165, 1.54) is 39.7 Å². The Labute approximate surface area is 274 Å². The summed E-state index contributed by atoms with van der Waals surface area (Å²) in [4.78, 5) is 21.3. The van der Waals surface area contributed by atoms with E-state index in [0.717, 1.165) is 37.2 Å². The second-order valence-corrected chi connectivity index (χ2v) is 12.7. The Balaban J connectivity index is 1.25. The first kappa shape index (κ1) is 29.9. The molecule has 4 aromatic rings. The zero-order chi connectivity index (χ0) is 31.5. The highest BCUT2D eigenvalue weighted by Gasteiger charge is 2.35. The highest BCUT2D eigenvalue weighted by atomic mass is 32.2. The Morgan fingerprint density at radius 3 is 2.15 bits per heavy atom. The maximum Gasteiger partial charge on any atom is 0.264 e. The van der Waals surface area contributed by atoms with Gasteiger partial charge in [0.1, 0.15) is 6.61 Å². The molecule has 3 aliphatic heterocycles. The summed E-state index contributed by atoms with van der Waals surface area (Å²) < 4.78 is 11.5. The number of anilines is 1. The second-order valence-electron chi connectivity index (χ2n) is 11.7. The summed E-state index contributed by atoms with van der Waals surface area (Å²) in [5, 5.41) is 3.59. The number of amides is 1. The third-order valence-electron chi connectivity index (χ3n) is 8.80. The van der Waals surface area contributed by atoms with Gasteiger partial charge in [-0.1, -0.05) is 79.4 Å². The molecule has 1 saturated heterocycles. The SMILES string of the molecule is C=CCOc1ccc(/C=C2\SC(=Nc3cc4c5c(c3)[C@H](c3ccccc3)CCN5CC[C@H]4c3ccccc3)NC2=O)cc1OCC. The molecule has 0 bridgehead atoms. The molecule has 1 fully saturated rings. The average Bonchev–Trinajstić information content (AvgIpc) is 3.43. The van der Waals surface area contributed by atoms with E-state index in [1.807, 2.05) is 31.2 Å². The standard InChI is InChI=1S/C39H37N3O3S/c1-3-21-45-34-16-15-26(22-35(34)44-4-2)23-36-38(43)41-39(46-36)40-29-24-32-30(27-11-7-5-8-12-27)17-19-42-20-18-31(33(25-29)37(32)42)28-13-9-6-10-14-28/h3,5-16,22-25,30-31H,1,4,17-21H2,2H3,(H,40,41,43)/b36-23-/t30-,31-/m0/s1. The van der Waals surface area contributed by atoms with Crippen LogP contribution in [0.1, 0.15) is 59.4 Å². The number of ether oxygens (including phenoxy) is 2. The van der Waals surface area contributed by atoms with Crippen molar-refractivity contribution in [2.45, 2.75) is 31.6 Å². The molecular weight excluding hydrogens is 591 g/mol. The number of carbonyl (C=O) groups is 1. The molecule has 0 saturated carbocycles. The van der Waals surface area contributed by atoms with Crippen molar-refractivity contribution in [2.24, 2.45) is 4.99 Å². The number of rotatable bonds is 9. The summed E-state index contributed by atoms with van der Waals surface area (Å²) >= 11 is 1.36. The van der Waals surface area contributed by atoms with Gasteiger partial charge in [0.15, 0.2) is 16.7 Å². The molecule has 0 radical (unpaired) electrons. The van der Waals surface area contributed by atoms with Gasteiger partial charge in [0.05, 0.1) is 17.2 Å². The third kappa shape index (κ3) is 6.07. The first-order valence-corrected chi connectivity index (χ1v) is 16.8. The molecule has 1 amide bonds. The van der Waals surface area contributed by atoms with E-state index >= 15 is 0 Å². The minimum absolute atomic E-state index is 0.163. The highest BCUT2D eigenvalue weighted by molar-refractivity contribution is 8.18. The predicted molar refractivity (Wildman–Crippen MR) is 189 cm³/mol. The second kappa shape index (κ2) is 13.3. The van der Waals surface area contributed by atoms with Crippen LogP contribution >= 0.6 is 11.8 Å². The van der Waals surface area contributed by atoms with E-state index < -0.39 is 0 Å². The Kier molecular flexibility index (Phi) is 8.66. The first-order valence-electron chi connectivity index (χ1n) is 15.9. The summed E-state index contributed by atoms with van der Waals surface area (Å²) in [5.41, 5.74) is 8.38. The normalized spacial score (nSPS) is 20.4. The summed E-state index contributed by atoms with van der Waals surface area (Å²) in [5.74, 6) is 1.70. The summed E-state index contributed by atoms with van der Waals surface area (Å²) in [6, 6.07) is 31.8. The molecular formula is C39H37N3O3S. The maximum absolute atomic E-state index is 13.1. The topological polar surface area (TPSA) is 63.2 Å². The van der Waals surface area contributed by atoms with Crippen LogP contribution in [0.2, 0.25) is 0 Å². The van der Waals surface area contributed by atoms with Crippen LogP contribution in [0, 0.1) is 0 Å². The highest BCUT2D eigenvalue weighted by Crippen LogP contribution is 2.50. The lowest BCUT2D eigenvalue weighted by atomic mass is 9.76. The van der Waals surface area contributed by atoms with Gasteiger partial charge in [-0.3, -0.25) is 4.79 Å². The van der Waals surface area contributed by atoms with Crippen LogP contribution in [0.4, 0.5) is 11.4 Å². The van der Waals surface area contributed by atoms with Crippen LogP contribution in [0.25, 0.3) is 6.08 Å². The number of nitrogens with zero attached hydrogens (tertiary/aromatic N) is 2. The van der Waals surface area contributed by atoms with Crippen molar-refractivity contribution in [1.29, 1.82) is 0 Å². The van der Waals surface area contributed by atoms with Gasteiger partial charge in [-0.2, -0.15) is 0 Å². The number of hydrogen-bond acceptors (Lipinski definition) is 6. The van der Waals surface area contributed by atoms with Gasteiger partial charge in [0, 0.05) is 30.6 Å². The van der Waals surface area contributed by atoms with Crippen molar-refractivity contribution >= 4 is 40.3 Å². The minimum Gasteiger partial charge on any atom is -0.490 e. The number of amidine groups is 1. The van der Waals surface area contributed by atoms with E-state index in [-0.39, 0.29) is 5.91 Å². The fourth-order valence-corrected chi connectivity index (χ4v) is 7.65.